The van der Waals surface area contributed by atoms with Crippen LogP contribution in [0.15, 0.2) is 12.2 Å². The van der Waals surface area contributed by atoms with Crippen LogP contribution in [-0.4, -0.2) is 24.1 Å². The molecule has 2 saturated carbocycles. The molecule has 4 nitrogen and oxygen atoms in total. The number of fused-ring (bicyclic) bond motifs is 2. The number of hydrogen-bond donors (Lipinski definition) is 0. The van der Waals surface area contributed by atoms with Gasteiger partial charge in [-0.3, -0.25) is 4.79 Å². The summed E-state index contributed by atoms with van der Waals surface area (Å²) < 4.78 is 10.6. The van der Waals surface area contributed by atoms with Gasteiger partial charge in [-0.2, -0.15) is 0 Å². The monoisotopic (exact) mass is 238 g/mol. The maximum Gasteiger partial charge on any atom is 0.333 e. The van der Waals surface area contributed by atoms with E-state index in [9.17, 15) is 9.59 Å². The molecular weight excluding hydrogens is 220 g/mol. The predicted octanol–water partition coefficient (Wildman–Crippen LogP) is 1.84. The molecule has 0 aliphatic heterocycles. The molecule has 94 valence electrons. The molecule has 4 heteroatoms. The third-order valence-corrected chi connectivity index (χ3v) is 3.65. The zero-order chi connectivity index (χ0) is 12.6. The van der Waals surface area contributed by atoms with Crippen LogP contribution in [0.25, 0.3) is 0 Å². The van der Waals surface area contributed by atoms with Crippen LogP contribution in [0, 0.1) is 11.8 Å². The summed E-state index contributed by atoms with van der Waals surface area (Å²) in [6.07, 6.45) is 2.62. The first-order valence-electron chi connectivity index (χ1n) is 6.01. The van der Waals surface area contributed by atoms with Gasteiger partial charge in [0.1, 0.15) is 12.2 Å². The van der Waals surface area contributed by atoms with Gasteiger partial charge in [0.05, 0.1) is 0 Å². The molecule has 0 heterocycles. The number of esters is 2. The Balaban J connectivity index is 1.87. The van der Waals surface area contributed by atoms with Gasteiger partial charge in [-0.25, -0.2) is 4.79 Å². The van der Waals surface area contributed by atoms with Crippen LogP contribution >= 0.6 is 0 Å². The fourth-order valence-electron chi connectivity index (χ4n) is 2.91. The smallest absolute Gasteiger partial charge is 0.333 e. The van der Waals surface area contributed by atoms with Crippen LogP contribution in [0.3, 0.4) is 0 Å². The summed E-state index contributed by atoms with van der Waals surface area (Å²) in [6.45, 7) is 6.65. The van der Waals surface area contributed by atoms with E-state index in [0.29, 0.717) is 17.4 Å². The molecule has 2 aliphatic carbocycles. The number of carbonyl (C=O) groups excluding carboxylic acids is 2. The Labute approximate surface area is 101 Å². The number of carbonyl (C=O) groups is 2. The van der Waals surface area contributed by atoms with E-state index < -0.39 is 0 Å². The first kappa shape index (κ1) is 12.1. The number of rotatable bonds is 3. The molecule has 2 bridgehead atoms. The van der Waals surface area contributed by atoms with E-state index in [-0.39, 0.29) is 24.1 Å². The number of hydrogen-bond acceptors (Lipinski definition) is 4. The lowest BCUT2D eigenvalue weighted by Crippen LogP contribution is -2.31. The first-order chi connectivity index (χ1) is 7.97. The topological polar surface area (TPSA) is 52.6 Å². The van der Waals surface area contributed by atoms with Crippen LogP contribution in [0.1, 0.15) is 33.1 Å². The van der Waals surface area contributed by atoms with Crippen molar-refractivity contribution >= 4 is 11.9 Å². The Morgan fingerprint density at radius 1 is 1.00 bits per heavy atom. The van der Waals surface area contributed by atoms with Crippen LogP contribution in [-0.2, 0) is 19.1 Å². The average Bonchev–Trinajstić information content (AvgIpc) is 2.75. The summed E-state index contributed by atoms with van der Waals surface area (Å²) in [5.41, 5.74) is 0.435. The Morgan fingerprint density at radius 3 is 1.94 bits per heavy atom. The summed E-state index contributed by atoms with van der Waals surface area (Å²) in [4.78, 5) is 22.3. The van der Waals surface area contributed by atoms with Gasteiger partial charge < -0.3 is 9.47 Å². The third kappa shape index (κ3) is 2.51. The molecule has 3 unspecified atom stereocenters. The SMILES string of the molecule is C=C(C)C(=O)OC1C[C@@H]2CC1CC2OC(C)=O. The fourth-order valence-corrected chi connectivity index (χ4v) is 2.91. The minimum atomic E-state index is -0.313. The molecule has 17 heavy (non-hydrogen) atoms. The molecule has 0 aromatic carbocycles. The number of ether oxygens (including phenoxy) is 2. The van der Waals surface area contributed by atoms with Crippen molar-refractivity contribution in [1.29, 1.82) is 0 Å². The van der Waals surface area contributed by atoms with Crippen molar-refractivity contribution in [1.82, 2.24) is 0 Å². The van der Waals surface area contributed by atoms with Crippen LogP contribution in [0.5, 0.6) is 0 Å². The molecular formula is C13H18O4. The van der Waals surface area contributed by atoms with Gasteiger partial charge in [0, 0.05) is 12.5 Å². The van der Waals surface area contributed by atoms with Crippen molar-refractivity contribution < 1.29 is 19.1 Å². The highest BCUT2D eigenvalue weighted by Gasteiger charge is 2.49. The van der Waals surface area contributed by atoms with Gasteiger partial charge >= 0.3 is 11.9 Å². The summed E-state index contributed by atoms with van der Waals surface area (Å²) in [5, 5.41) is 0. The van der Waals surface area contributed by atoms with Crippen molar-refractivity contribution in [2.75, 3.05) is 0 Å². The van der Waals surface area contributed by atoms with Crippen molar-refractivity contribution in [3.05, 3.63) is 12.2 Å². The summed E-state index contributed by atoms with van der Waals surface area (Å²) in [5.74, 6) is 0.157. The predicted molar refractivity (Wildman–Crippen MR) is 61.1 cm³/mol. The molecule has 0 amide bonds. The standard InChI is InChI=1S/C13H18O4/c1-7(2)13(15)17-12-6-9-4-10(12)5-11(9)16-8(3)14/h9-12H,1,4-6H2,2-3H3/t9-,10?,11?,12?/m0/s1. The summed E-state index contributed by atoms with van der Waals surface area (Å²) in [7, 11) is 0. The van der Waals surface area contributed by atoms with Crippen LogP contribution in [0.4, 0.5) is 0 Å². The summed E-state index contributed by atoms with van der Waals surface area (Å²) in [6, 6.07) is 0. The molecule has 0 aromatic heterocycles. The Morgan fingerprint density at radius 2 is 1.53 bits per heavy atom. The first-order valence-corrected chi connectivity index (χ1v) is 6.01. The zero-order valence-electron chi connectivity index (χ0n) is 10.3. The lowest BCUT2D eigenvalue weighted by atomic mass is 9.95. The Bertz CT molecular complexity index is 360. The second-order valence-electron chi connectivity index (χ2n) is 5.10. The van der Waals surface area contributed by atoms with E-state index in [1.807, 2.05) is 0 Å². The highest BCUT2D eigenvalue weighted by molar-refractivity contribution is 5.87. The summed E-state index contributed by atoms with van der Waals surface area (Å²) >= 11 is 0. The molecule has 0 spiro atoms. The van der Waals surface area contributed by atoms with Gasteiger partial charge in [0.2, 0.25) is 0 Å². The third-order valence-electron chi connectivity index (χ3n) is 3.65. The van der Waals surface area contributed by atoms with Crippen molar-refractivity contribution in [2.45, 2.75) is 45.3 Å². The van der Waals surface area contributed by atoms with Crippen molar-refractivity contribution in [2.24, 2.45) is 11.8 Å². The lowest BCUT2D eigenvalue weighted by molar-refractivity contribution is -0.155. The van der Waals surface area contributed by atoms with Gasteiger partial charge in [-0.05, 0) is 38.0 Å². The molecule has 0 aromatic rings. The van der Waals surface area contributed by atoms with E-state index in [4.69, 9.17) is 9.47 Å². The molecule has 0 saturated heterocycles. The van der Waals surface area contributed by atoms with E-state index in [1.165, 1.54) is 6.92 Å². The van der Waals surface area contributed by atoms with E-state index in [2.05, 4.69) is 6.58 Å². The molecule has 2 rings (SSSR count). The molecule has 0 radical (unpaired) electrons. The molecule has 2 aliphatic rings. The fraction of sp³-hybridized carbons (Fsp3) is 0.692. The largest absolute Gasteiger partial charge is 0.462 e. The van der Waals surface area contributed by atoms with Gasteiger partial charge in [-0.15, -0.1) is 0 Å². The quantitative estimate of drug-likeness (QED) is 0.556. The van der Waals surface area contributed by atoms with Gasteiger partial charge in [-0.1, -0.05) is 6.58 Å². The van der Waals surface area contributed by atoms with Crippen LogP contribution in [0.2, 0.25) is 0 Å². The molecule has 0 N–H and O–H groups in total. The maximum absolute atomic E-state index is 11.4. The van der Waals surface area contributed by atoms with Crippen molar-refractivity contribution in [3.8, 4) is 0 Å². The second-order valence-corrected chi connectivity index (χ2v) is 5.10. The maximum atomic E-state index is 11.4. The lowest BCUT2D eigenvalue weighted by Gasteiger charge is -2.27. The Hall–Kier alpha value is -1.32. The van der Waals surface area contributed by atoms with E-state index in [0.717, 1.165) is 19.3 Å². The van der Waals surface area contributed by atoms with E-state index >= 15 is 0 Å². The van der Waals surface area contributed by atoms with Crippen molar-refractivity contribution in [3.63, 3.8) is 0 Å². The molecule has 4 atom stereocenters. The highest BCUT2D eigenvalue weighted by atomic mass is 16.6. The highest BCUT2D eigenvalue weighted by Crippen LogP contribution is 2.47. The Kier molecular flexibility index (Phi) is 3.22. The molecule has 2 fully saturated rings. The van der Waals surface area contributed by atoms with Gasteiger partial charge in [0.15, 0.2) is 0 Å². The average molecular weight is 238 g/mol. The second kappa shape index (κ2) is 4.51. The van der Waals surface area contributed by atoms with Gasteiger partial charge in [0.25, 0.3) is 0 Å². The minimum Gasteiger partial charge on any atom is -0.462 e. The normalized spacial score (nSPS) is 34.5. The zero-order valence-corrected chi connectivity index (χ0v) is 10.3. The van der Waals surface area contributed by atoms with Crippen LogP contribution < -0.4 is 0 Å². The minimum absolute atomic E-state index is 0.0176. The van der Waals surface area contributed by atoms with E-state index in [1.54, 1.807) is 6.92 Å².